The molecule has 0 fully saturated rings. The number of ether oxygens (including phenoxy) is 3. The van der Waals surface area contributed by atoms with Crippen LogP contribution >= 0.6 is 0 Å². The highest BCUT2D eigenvalue weighted by Crippen LogP contribution is 2.18. The molecule has 0 bridgehead atoms. The van der Waals surface area contributed by atoms with Gasteiger partial charge in [0.1, 0.15) is 13.2 Å². The van der Waals surface area contributed by atoms with Gasteiger partial charge in [-0.3, -0.25) is 14.4 Å². The van der Waals surface area contributed by atoms with Gasteiger partial charge in [0.15, 0.2) is 6.10 Å². The van der Waals surface area contributed by atoms with Crippen molar-refractivity contribution in [2.45, 2.75) is 304 Å². The fourth-order valence-corrected chi connectivity index (χ4v) is 8.17. The lowest BCUT2D eigenvalue weighted by molar-refractivity contribution is -0.167. The third kappa shape index (κ3) is 47.5. The van der Waals surface area contributed by atoms with Crippen molar-refractivity contribution in [3.05, 3.63) is 0 Å². The maximum absolute atomic E-state index is 12.8. The summed E-state index contributed by atoms with van der Waals surface area (Å²) in [4.78, 5) is 37.9. The van der Waals surface area contributed by atoms with Crippen LogP contribution in [0.25, 0.3) is 0 Å². The molecule has 0 amide bonds. The molecular weight excluding hydrogens is 745 g/mol. The summed E-state index contributed by atoms with van der Waals surface area (Å²) in [6.07, 6.45) is 48.1. The van der Waals surface area contributed by atoms with Crippen LogP contribution in [0.1, 0.15) is 298 Å². The van der Waals surface area contributed by atoms with Gasteiger partial charge in [0.2, 0.25) is 0 Å². The number of esters is 3. The Labute approximate surface area is 374 Å². The van der Waals surface area contributed by atoms with Crippen molar-refractivity contribution >= 4 is 17.9 Å². The Morgan fingerprint density at radius 3 is 0.817 bits per heavy atom. The molecule has 6 nitrogen and oxygen atoms in total. The van der Waals surface area contributed by atoms with Crippen molar-refractivity contribution in [3.63, 3.8) is 0 Å². The SMILES string of the molecule is CCCCCCCCCCCCCCCC(=O)O[C@@H](COC(=O)CCCCCCCCCCCCCCCCCCC(C)C)COC(=O)CCCCCCCCCC(C)C. The molecule has 0 aliphatic rings. The van der Waals surface area contributed by atoms with E-state index in [1.54, 1.807) is 0 Å². The number of carbonyl (C=O) groups excluding carboxylic acids is 3. The molecule has 0 aliphatic heterocycles. The van der Waals surface area contributed by atoms with Gasteiger partial charge in [0.25, 0.3) is 0 Å². The topological polar surface area (TPSA) is 78.9 Å². The Balaban J connectivity index is 4.24. The average Bonchev–Trinajstić information content (AvgIpc) is 3.22. The van der Waals surface area contributed by atoms with E-state index >= 15 is 0 Å². The molecule has 6 heteroatoms. The van der Waals surface area contributed by atoms with Crippen LogP contribution in [0.5, 0.6) is 0 Å². The van der Waals surface area contributed by atoms with Crippen LogP contribution in [0.3, 0.4) is 0 Å². The Hall–Kier alpha value is -1.59. The first-order valence-electron chi connectivity index (χ1n) is 26.7. The van der Waals surface area contributed by atoms with Crippen LogP contribution in [-0.4, -0.2) is 37.2 Å². The normalized spacial score (nSPS) is 12.1. The summed E-state index contributed by atoms with van der Waals surface area (Å²) in [7, 11) is 0. The lowest BCUT2D eigenvalue weighted by atomic mass is 10.0. The van der Waals surface area contributed by atoms with Crippen LogP contribution in [0.2, 0.25) is 0 Å². The van der Waals surface area contributed by atoms with Gasteiger partial charge in [0.05, 0.1) is 0 Å². The maximum atomic E-state index is 12.8. The summed E-state index contributed by atoms with van der Waals surface area (Å²) in [5, 5.41) is 0. The zero-order valence-corrected chi connectivity index (χ0v) is 41.1. The highest BCUT2D eigenvalue weighted by Gasteiger charge is 2.19. The summed E-state index contributed by atoms with van der Waals surface area (Å²) >= 11 is 0. The fourth-order valence-electron chi connectivity index (χ4n) is 8.17. The summed E-state index contributed by atoms with van der Waals surface area (Å²) in [5.41, 5.74) is 0. The molecule has 1 atom stereocenters. The van der Waals surface area contributed by atoms with Gasteiger partial charge >= 0.3 is 17.9 Å². The minimum atomic E-state index is -0.761. The van der Waals surface area contributed by atoms with Crippen molar-refractivity contribution < 1.29 is 28.6 Å². The predicted molar refractivity (Wildman–Crippen MR) is 256 cm³/mol. The third-order valence-corrected chi connectivity index (χ3v) is 12.2. The van der Waals surface area contributed by atoms with Crippen molar-refractivity contribution in [2.75, 3.05) is 13.2 Å². The molecule has 60 heavy (non-hydrogen) atoms. The fraction of sp³-hybridized carbons (Fsp3) is 0.944. The first-order chi connectivity index (χ1) is 29.2. The Kier molecular flexibility index (Phi) is 45.7. The lowest BCUT2D eigenvalue weighted by Crippen LogP contribution is -2.30. The quantitative estimate of drug-likeness (QED) is 0.0345. The van der Waals surface area contributed by atoms with Crippen LogP contribution in [0, 0.1) is 11.8 Å². The maximum Gasteiger partial charge on any atom is 0.306 e. The van der Waals surface area contributed by atoms with Gasteiger partial charge in [-0.25, -0.2) is 0 Å². The van der Waals surface area contributed by atoms with Gasteiger partial charge in [-0.1, -0.05) is 259 Å². The number of hydrogen-bond donors (Lipinski definition) is 0. The monoisotopic (exact) mass is 849 g/mol. The summed E-state index contributed by atoms with van der Waals surface area (Å²) < 4.78 is 16.8. The van der Waals surface area contributed by atoms with Gasteiger partial charge in [-0.05, 0) is 31.1 Å². The van der Waals surface area contributed by atoms with E-state index in [1.165, 1.54) is 186 Å². The van der Waals surface area contributed by atoms with Crippen molar-refractivity contribution in [3.8, 4) is 0 Å². The van der Waals surface area contributed by atoms with E-state index in [-0.39, 0.29) is 31.1 Å². The second-order valence-electron chi connectivity index (χ2n) is 19.5. The average molecular weight is 849 g/mol. The Morgan fingerprint density at radius 2 is 0.550 bits per heavy atom. The van der Waals surface area contributed by atoms with Crippen LogP contribution < -0.4 is 0 Å². The second kappa shape index (κ2) is 46.9. The van der Waals surface area contributed by atoms with Gasteiger partial charge in [-0.2, -0.15) is 0 Å². The van der Waals surface area contributed by atoms with Crippen LogP contribution in [0.15, 0.2) is 0 Å². The number of unbranched alkanes of at least 4 members (excludes halogenated alkanes) is 33. The third-order valence-electron chi connectivity index (χ3n) is 12.2. The molecule has 356 valence electrons. The Bertz CT molecular complexity index is 916. The van der Waals surface area contributed by atoms with Crippen molar-refractivity contribution in [1.82, 2.24) is 0 Å². The molecule has 0 aliphatic carbocycles. The zero-order valence-electron chi connectivity index (χ0n) is 41.1. The first-order valence-corrected chi connectivity index (χ1v) is 26.7. The minimum absolute atomic E-state index is 0.0638. The van der Waals surface area contributed by atoms with Crippen LogP contribution in [-0.2, 0) is 28.6 Å². The van der Waals surface area contributed by atoms with E-state index < -0.39 is 6.10 Å². The van der Waals surface area contributed by atoms with E-state index in [2.05, 4.69) is 34.6 Å². The molecule has 0 saturated carbocycles. The van der Waals surface area contributed by atoms with E-state index in [0.29, 0.717) is 19.3 Å². The number of rotatable bonds is 48. The molecule has 0 heterocycles. The predicted octanol–water partition coefficient (Wildman–Crippen LogP) is 17.3. The second-order valence-corrected chi connectivity index (χ2v) is 19.5. The highest BCUT2D eigenvalue weighted by molar-refractivity contribution is 5.71. The minimum Gasteiger partial charge on any atom is -0.462 e. The smallest absolute Gasteiger partial charge is 0.306 e. The highest BCUT2D eigenvalue weighted by atomic mass is 16.6. The first kappa shape index (κ1) is 58.4. The molecule has 0 aromatic rings. The molecule has 0 aromatic carbocycles. The largest absolute Gasteiger partial charge is 0.462 e. The molecule has 0 radical (unpaired) electrons. The molecular formula is C54H104O6. The van der Waals surface area contributed by atoms with Gasteiger partial charge in [0, 0.05) is 19.3 Å². The summed E-state index contributed by atoms with van der Waals surface area (Å²) in [5.74, 6) is 0.786. The summed E-state index contributed by atoms with van der Waals surface area (Å²) in [6.45, 7) is 11.3. The number of carbonyl (C=O) groups is 3. The van der Waals surface area contributed by atoms with E-state index in [0.717, 1.165) is 69.6 Å². The molecule has 0 spiro atoms. The Morgan fingerprint density at radius 1 is 0.317 bits per heavy atom. The molecule has 0 saturated heterocycles. The van der Waals surface area contributed by atoms with E-state index in [9.17, 15) is 14.4 Å². The van der Waals surface area contributed by atoms with Gasteiger partial charge < -0.3 is 14.2 Å². The van der Waals surface area contributed by atoms with Gasteiger partial charge in [-0.15, -0.1) is 0 Å². The molecule has 0 aromatic heterocycles. The van der Waals surface area contributed by atoms with E-state index in [1.807, 2.05) is 0 Å². The molecule has 0 unspecified atom stereocenters. The standard InChI is InChI=1S/C54H104O6/c1-6-7-8-9-10-11-12-17-22-25-30-36-41-46-54(57)60-51(48-59-53(56)45-40-35-31-26-28-33-38-43-50(4)5)47-58-52(55)44-39-34-29-24-21-19-16-14-13-15-18-20-23-27-32-37-42-49(2)3/h49-51H,6-48H2,1-5H3/t51-/m0/s1. The van der Waals surface area contributed by atoms with E-state index in [4.69, 9.17) is 14.2 Å². The summed E-state index contributed by atoms with van der Waals surface area (Å²) in [6, 6.07) is 0. The van der Waals surface area contributed by atoms with Crippen molar-refractivity contribution in [2.24, 2.45) is 11.8 Å². The zero-order chi connectivity index (χ0) is 44.0. The lowest BCUT2D eigenvalue weighted by Gasteiger charge is -2.18. The van der Waals surface area contributed by atoms with Crippen molar-refractivity contribution in [1.29, 1.82) is 0 Å². The molecule has 0 rings (SSSR count). The number of hydrogen-bond acceptors (Lipinski definition) is 6. The molecule has 0 N–H and O–H groups in total. The van der Waals surface area contributed by atoms with Crippen LogP contribution in [0.4, 0.5) is 0 Å².